The number of aryl methyl sites for hydroxylation is 2. The largest absolute Gasteiger partial charge is 0.342 e. The Bertz CT molecular complexity index is 862. The Morgan fingerprint density at radius 3 is 2.55 bits per heavy atom. The summed E-state index contributed by atoms with van der Waals surface area (Å²) in [5, 5.41) is 4.02. The van der Waals surface area contributed by atoms with Gasteiger partial charge in [-0.1, -0.05) is 47.6 Å². The number of H-pyrrole nitrogens is 1. The van der Waals surface area contributed by atoms with Crippen molar-refractivity contribution in [2.24, 2.45) is 0 Å². The highest BCUT2D eigenvalue weighted by Gasteiger charge is 2.09. The molecule has 4 rings (SSSR count). The third-order valence-corrected chi connectivity index (χ3v) is 3.51. The van der Waals surface area contributed by atoms with Gasteiger partial charge in [-0.05, 0) is 12.1 Å². The topological polar surface area (TPSA) is 67.6 Å². The van der Waals surface area contributed by atoms with Crippen molar-refractivity contribution in [3.05, 3.63) is 66.3 Å². The van der Waals surface area contributed by atoms with Gasteiger partial charge in [-0.2, -0.15) is 4.98 Å². The minimum Gasteiger partial charge on any atom is -0.342 e. The van der Waals surface area contributed by atoms with Crippen LogP contribution in [0.5, 0.6) is 0 Å². The van der Waals surface area contributed by atoms with Gasteiger partial charge in [0.1, 0.15) is 5.82 Å². The van der Waals surface area contributed by atoms with Crippen molar-refractivity contribution in [3.63, 3.8) is 0 Å². The number of benzene rings is 2. The van der Waals surface area contributed by atoms with Gasteiger partial charge in [-0.25, -0.2) is 4.98 Å². The number of hydrogen-bond acceptors (Lipinski definition) is 4. The SMILES string of the molecule is c1ccc(-c2noc(CCc3nc4ccccc4[nH]3)n2)cc1. The molecule has 0 aliphatic heterocycles. The van der Waals surface area contributed by atoms with E-state index < -0.39 is 0 Å². The van der Waals surface area contributed by atoms with E-state index in [1.54, 1.807) is 0 Å². The van der Waals surface area contributed by atoms with Gasteiger partial charge < -0.3 is 9.51 Å². The van der Waals surface area contributed by atoms with Crippen molar-refractivity contribution in [1.82, 2.24) is 20.1 Å². The third kappa shape index (κ3) is 2.48. The minimum absolute atomic E-state index is 0.624. The number of nitrogens with one attached hydrogen (secondary N) is 1. The highest BCUT2D eigenvalue weighted by atomic mass is 16.5. The van der Waals surface area contributed by atoms with E-state index in [-0.39, 0.29) is 0 Å². The van der Waals surface area contributed by atoms with Crippen molar-refractivity contribution in [2.45, 2.75) is 12.8 Å². The zero-order valence-corrected chi connectivity index (χ0v) is 11.9. The molecule has 2 aromatic heterocycles. The average molecular weight is 290 g/mol. The number of fused-ring (bicyclic) bond motifs is 1. The molecule has 4 aromatic rings. The first kappa shape index (κ1) is 12.8. The molecule has 2 aromatic carbocycles. The molecular formula is C17H14N4O. The summed E-state index contributed by atoms with van der Waals surface area (Å²) >= 11 is 0. The molecule has 0 radical (unpaired) electrons. The first-order valence-electron chi connectivity index (χ1n) is 7.20. The smallest absolute Gasteiger partial charge is 0.227 e. The van der Waals surface area contributed by atoms with Crippen LogP contribution in [0.25, 0.3) is 22.4 Å². The van der Waals surface area contributed by atoms with Crippen LogP contribution in [0, 0.1) is 0 Å². The lowest BCUT2D eigenvalue weighted by atomic mass is 10.2. The van der Waals surface area contributed by atoms with Gasteiger partial charge in [-0.3, -0.25) is 0 Å². The normalized spacial score (nSPS) is 11.1. The van der Waals surface area contributed by atoms with Gasteiger partial charge >= 0.3 is 0 Å². The molecule has 5 nitrogen and oxygen atoms in total. The maximum absolute atomic E-state index is 5.31. The van der Waals surface area contributed by atoms with Crippen molar-refractivity contribution in [3.8, 4) is 11.4 Å². The number of aromatic amines is 1. The molecule has 0 fully saturated rings. The molecule has 0 saturated heterocycles. The molecule has 0 spiro atoms. The van der Waals surface area contributed by atoms with Crippen LogP contribution < -0.4 is 0 Å². The summed E-state index contributed by atoms with van der Waals surface area (Å²) in [6.45, 7) is 0. The van der Waals surface area contributed by atoms with Crippen LogP contribution in [0.4, 0.5) is 0 Å². The molecule has 0 aliphatic carbocycles. The Morgan fingerprint density at radius 2 is 1.68 bits per heavy atom. The fraction of sp³-hybridized carbons (Fsp3) is 0.118. The van der Waals surface area contributed by atoms with Gasteiger partial charge in [0.25, 0.3) is 0 Å². The zero-order valence-electron chi connectivity index (χ0n) is 11.9. The Labute approximate surface area is 127 Å². The van der Waals surface area contributed by atoms with E-state index in [1.807, 2.05) is 54.6 Å². The molecule has 1 N–H and O–H groups in total. The van der Waals surface area contributed by atoms with Gasteiger partial charge in [-0.15, -0.1) is 0 Å². The second-order valence-electron chi connectivity index (χ2n) is 5.08. The number of nitrogens with zero attached hydrogens (tertiary/aromatic N) is 3. The molecule has 108 valence electrons. The number of imidazole rings is 1. The molecule has 22 heavy (non-hydrogen) atoms. The molecule has 5 heteroatoms. The van der Waals surface area contributed by atoms with E-state index in [1.165, 1.54) is 0 Å². The van der Waals surface area contributed by atoms with E-state index >= 15 is 0 Å². The van der Waals surface area contributed by atoms with Crippen LogP contribution in [0.2, 0.25) is 0 Å². The summed E-state index contributed by atoms with van der Waals surface area (Å²) in [5.41, 5.74) is 2.99. The zero-order chi connectivity index (χ0) is 14.8. The van der Waals surface area contributed by atoms with Gasteiger partial charge in [0, 0.05) is 18.4 Å². The van der Waals surface area contributed by atoms with E-state index in [0.29, 0.717) is 18.1 Å². The summed E-state index contributed by atoms with van der Waals surface area (Å²) in [4.78, 5) is 12.3. The average Bonchev–Trinajstić information content (AvgIpc) is 3.20. The fourth-order valence-electron chi connectivity index (χ4n) is 2.41. The second-order valence-corrected chi connectivity index (χ2v) is 5.08. The van der Waals surface area contributed by atoms with Crippen molar-refractivity contribution in [2.75, 3.05) is 0 Å². The van der Waals surface area contributed by atoms with E-state index in [4.69, 9.17) is 4.52 Å². The van der Waals surface area contributed by atoms with E-state index in [2.05, 4.69) is 20.1 Å². The molecule has 0 aliphatic rings. The Hall–Kier alpha value is -2.95. The standard InChI is InChI=1S/C17H14N4O/c1-2-6-12(7-3-1)17-20-16(22-21-17)11-10-15-18-13-8-4-5-9-14(13)19-15/h1-9H,10-11H2,(H,18,19). The van der Waals surface area contributed by atoms with Crippen LogP contribution in [-0.2, 0) is 12.8 Å². The molecule has 0 saturated carbocycles. The van der Waals surface area contributed by atoms with Gasteiger partial charge in [0.15, 0.2) is 0 Å². The summed E-state index contributed by atoms with van der Waals surface area (Å²) in [5.74, 6) is 2.18. The van der Waals surface area contributed by atoms with E-state index in [0.717, 1.165) is 28.8 Å². The van der Waals surface area contributed by atoms with Crippen molar-refractivity contribution >= 4 is 11.0 Å². The third-order valence-electron chi connectivity index (χ3n) is 3.51. The first-order chi connectivity index (χ1) is 10.9. The minimum atomic E-state index is 0.624. The Morgan fingerprint density at radius 1 is 0.864 bits per heavy atom. The molecular weight excluding hydrogens is 276 g/mol. The number of rotatable bonds is 4. The van der Waals surface area contributed by atoms with Crippen LogP contribution in [0.1, 0.15) is 11.7 Å². The molecule has 0 atom stereocenters. The first-order valence-corrected chi connectivity index (χ1v) is 7.20. The molecule has 0 bridgehead atoms. The second kappa shape index (κ2) is 5.44. The highest BCUT2D eigenvalue weighted by Crippen LogP contribution is 2.16. The van der Waals surface area contributed by atoms with Gasteiger partial charge in [0.05, 0.1) is 11.0 Å². The summed E-state index contributed by atoms with van der Waals surface area (Å²) in [7, 11) is 0. The monoisotopic (exact) mass is 290 g/mol. The molecule has 2 heterocycles. The van der Waals surface area contributed by atoms with Gasteiger partial charge in [0.2, 0.25) is 11.7 Å². The summed E-state index contributed by atoms with van der Waals surface area (Å²) in [6, 6.07) is 17.8. The predicted octanol–water partition coefficient (Wildman–Crippen LogP) is 3.40. The molecule has 0 amide bonds. The van der Waals surface area contributed by atoms with Crippen LogP contribution in [-0.4, -0.2) is 20.1 Å². The van der Waals surface area contributed by atoms with Crippen LogP contribution >= 0.6 is 0 Å². The summed E-state index contributed by atoms with van der Waals surface area (Å²) < 4.78 is 5.31. The summed E-state index contributed by atoms with van der Waals surface area (Å²) in [6.07, 6.45) is 1.41. The lowest BCUT2D eigenvalue weighted by Gasteiger charge is -1.92. The Kier molecular flexibility index (Phi) is 3.16. The van der Waals surface area contributed by atoms with Crippen LogP contribution in [0.15, 0.2) is 59.1 Å². The van der Waals surface area contributed by atoms with Crippen LogP contribution in [0.3, 0.4) is 0 Å². The number of para-hydroxylation sites is 2. The molecule has 0 unspecified atom stereocenters. The van der Waals surface area contributed by atoms with E-state index in [9.17, 15) is 0 Å². The quantitative estimate of drug-likeness (QED) is 0.625. The van der Waals surface area contributed by atoms with Crippen molar-refractivity contribution < 1.29 is 4.52 Å². The maximum atomic E-state index is 5.31. The fourth-order valence-corrected chi connectivity index (χ4v) is 2.41. The Balaban J connectivity index is 1.49. The van der Waals surface area contributed by atoms with Crippen molar-refractivity contribution in [1.29, 1.82) is 0 Å². The number of hydrogen-bond donors (Lipinski definition) is 1. The lowest BCUT2D eigenvalue weighted by Crippen LogP contribution is -1.93. The highest BCUT2D eigenvalue weighted by molar-refractivity contribution is 5.74. The number of aromatic nitrogens is 4. The lowest BCUT2D eigenvalue weighted by molar-refractivity contribution is 0.378. The predicted molar refractivity (Wildman–Crippen MR) is 83.2 cm³/mol. The maximum Gasteiger partial charge on any atom is 0.227 e.